The molecule has 19 heteroatoms. The van der Waals surface area contributed by atoms with Gasteiger partial charge in [0.05, 0.1) is 26.4 Å². The molecule has 3 N–H and O–H groups in total. The second-order valence-corrected chi connectivity index (χ2v) is 30.3. The van der Waals surface area contributed by atoms with Crippen molar-refractivity contribution in [2.75, 3.05) is 39.6 Å². The van der Waals surface area contributed by atoms with Crippen LogP contribution in [0.3, 0.4) is 0 Å². The molecule has 552 valence electrons. The third-order valence-corrected chi connectivity index (χ3v) is 19.5. The minimum absolute atomic E-state index is 0.103. The van der Waals surface area contributed by atoms with Crippen molar-refractivity contribution in [3.8, 4) is 0 Å². The molecular formula is C74H144O17P2. The molecule has 0 spiro atoms. The third-order valence-electron chi connectivity index (χ3n) is 17.6. The van der Waals surface area contributed by atoms with E-state index in [1.165, 1.54) is 193 Å². The Labute approximate surface area is 568 Å². The standard InChI is InChI=1S/C74H144O17P2/c1-7-10-12-14-16-18-20-22-24-25-26-28-30-32-34-38-46-52-58-73(78)90-69(62-84-71(76)56-50-44-37-33-31-29-27-23-21-19-17-15-13-11-8-2)64-88-92(80,81)86-60-68(75)61-87-93(82,83)89-65-70(91-74(79)59-53-47-39-35-36-42-48-54-66(4)5)63-85-72(77)57-51-45-41-40-43-49-55-67(6)9-3/h66-70,75H,7-65H2,1-6H3,(H,80,81)(H,82,83)/t67?,68-,69-,70-/m1/s1. The van der Waals surface area contributed by atoms with E-state index in [2.05, 4.69) is 41.5 Å². The number of phosphoric ester groups is 2. The lowest BCUT2D eigenvalue weighted by Gasteiger charge is -2.21. The van der Waals surface area contributed by atoms with Gasteiger partial charge in [-0.1, -0.05) is 330 Å². The summed E-state index contributed by atoms with van der Waals surface area (Å²) in [5.74, 6) is -0.695. The van der Waals surface area contributed by atoms with E-state index in [1.54, 1.807) is 0 Å². The summed E-state index contributed by atoms with van der Waals surface area (Å²) in [5, 5.41) is 10.6. The molecule has 0 fully saturated rings. The number of hydrogen-bond donors (Lipinski definition) is 3. The highest BCUT2D eigenvalue weighted by Crippen LogP contribution is 2.45. The molecule has 0 aliphatic rings. The largest absolute Gasteiger partial charge is 0.472 e. The van der Waals surface area contributed by atoms with E-state index in [4.69, 9.17) is 37.0 Å². The van der Waals surface area contributed by atoms with Crippen molar-refractivity contribution in [3.63, 3.8) is 0 Å². The van der Waals surface area contributed by atoms with E-state index in [9.17, 15) is 43.2 Å². The Kier molecular flexibility index (Phi) is 64.6. The van der Waals surface area contributed by atoms with Crippen LogP contribution < -0.4 is 0 Å². The van der Waals surface area contributed by atoms with Gasteiger partial charge in [-0.15, -0.1) is 0 Å². The van der Waals surface area contributed by atoms with Crippen LogP contribution in [0.25, 0.3) is 0 Å². The monoisotopic (exact) mass is 1370 g/mol. The highest BCUT2D eigenvalue weighted by Gasteiger charge is 2.30. The van der Waals surface area contributed by atoms with E-state index in [0.29, 0.717) is 31.6 Å². The third kappa shape index (κ3) is 67.0. The second kappa shape index (κ2) is 66.0. The van der Waals surface area contributed by atoms with Gasteiger partial charge in [0, 0.05) is 25.7 Å². The van der Waals surface area contributed by atoms with Crippen LogP contribution in [0.15, 0.2) is 0 Å². The molecule has 0 aliphatic heterocycles. The first-order valence-electron chi connectivity index (χ1n) is 38.5. The van der Waals surface area contributed by atoms with Crippen molar-refractivity contribution in [2.24, 2.45) is 11.8 Å². The van der Waals surface area contributed by atoms with Crippen molar-refractivity contribution in [1.29, 1.82) is 0 Å². The Bertz CT molecular complexity index is 1810. The van der Waals surface area contributed by atoms with Gasteiger partial charge in [0.2, 0.25) is 0 Å². The Balaban J connectivity index is 5.23. The number of hydrogen-bond acceptors (Lipinski definition) is 15. The molecule has 93 heavy (non-hydrogen) atoms. The van der Waals surface area contributed by atoms with Crippen molar-refractivity contribution in [1.82, 2.24) is 0 Å². The summed E-state index contributed by atoms with van der Waals surface area (Å²) < 4.78 is 68.4. The summed E-state index contributed by atoms with van der Waals surface area (Å²) in [6.45, 7) is 9.48. The number of aliphatic hydroxyl groups excluding tert-OH is 1. The highest BCUT2D eigenvalue weighted by molar-refractivity contribution is 7.47. The Morgan fingerprint density at radius 1 is 0.312 bits per heavy atom. The summed E-state index contributed by atoms with van der Waals surface area (Å²) >= 11 is 0. The van der Waals surface area contributed by atoms with Crippen molar-refractivity contribution in [2.45, 2.75) is 400 Å². The molecule has 0 bridgehead atoms. The summed E-state index contributed by atoms with van der Waals surface area (Å²) in [7, 11) is -9.91. The molecule has 0 aromatic rings. The van der Waals surface area contributed by atoms with Crippen LogP contribution >= 0.6 is 15.6 Å². The van der Waals surface area contributed by atoms with Gasteiger partial charge in [-0.2, -0.15) is 0 Å². The number of carbonyl (C=O) groups is 4. The molecule has 0 aromatic heterocycles. The zero-order chi connectivity index (χ0) is 68.6. The lowest BCUT2D eigenvalue weighted by molar-refractivity contribution is -0.161. The number of unbranched alkanes of at least 4 members (excludes halogenated alkanes) is 42. The van der Waals surface area contributed by atoms with Crippen LogP contribution in [0.5, 0.6) is 0 Å². The number of phosphoric acid groups is 2. The molecule has 0 radical (unpaired) electrons. The number of rotatable bonds is 73. The smallest absolute Gasteiger partial charge is 0.462 e. The molecule has 0 rings (SSSR count). The lowest BCUT2D eigenvalue weighted by Crippen LogP contribution is -2.30. The topological polar surface area (TPSA) is 237 Å². The number of aliphatic hydroxyl groups is 1. The molecule has 0 heterocycles. The fourth-order valence-electron chi connectivity index (χ4n) is 11.3. The van der Waals surface area contributed by atoms with Crippen LogP contribution in [0.1, 0.15) is 382 Å². The molecule has 6 atom stereocenters. The summed E-state index contributed by atoms with van der Waals surface area (Å²) in [6, 6.07) is 0. The second-order valence-electron chi connectivity index (χ2n) is 27.4. The van der Waals surface area contributed by atoms with Gasteiger partial charge in [-0.3, -0.25) is 37.3 Å². The zero-order valence-corrected chi connectivity index (χ0v) is 62.3. The van der Waals surface area contributed by atoms with Crippen molar-refractivity contribution < 1.29 is 80.2 Å². The van der Waals surface area contributed by atoms with Gasteiger partial charge in [0.25, 0.3) is 0 Å². The Hall–Kier alpha value is -1.94. The van der Waals surface area contributed by atoms with E-state index < -0.39 is 97.5 Å². The first-order valence-corrected chi connectivity index (χ1v) is 41.5. The number of carbonyl (C=O) groups excluding carboxylic acids is 4. The van der Waals surface area contributed by atoms with Gasteiger partial charge in [0.1, 0.15) is 19.3 Å². The van der Waals surface area contributed by atoms with Crippen molar-refractivity contribution >= 4 is 39.5 Å². The fourth-order valence-corrected chi connectivity index (χ4v) is 12.8. The minimum atomic E-state index is -4.96. The summed E-state index contributed by atoms with van der Waals surface area (Å²) in [5.41, 5.74) is 0. The Morgan fingerprint density at radius 3 is 0.817 bits per heavy atom. The fraction of sp³-hybridized carbons (Fsp3) is 0.946. The summed E-state index contributed by atoms with van der Waals surface area (Å²) in [6.07, 6.45) is 52.9. The normalized spacial score (nSPS) is 14.3. The maximum absolute atomic E-state index is 13.1. The van der Waals surface area contributed by atoms with Crippen LogP contribution in [0, 0.1) is 11.8 Å². The maximum Gasteiger partial charge on any atom is 0.472 e. The molecule has 0 saturated carbocycles. The average molecular weight is 1370 g/mol. The van der Waals surface area contributed by atoms with Crippen LogP contribution in [0.2, 0.25) is 0 Å². The zero-order valence-electron chi connectivity index (χ0n) is 60.6. The van der Waals surface area contributed by atoms with Gasteiger partial charge in [-0.25, -0.2) is 9.13 Å². The molecule has 3 unspecified atom stereocenters. The van der Waals surface area contributed by atoms with E-state index in [-0.39, 0.29) is 25.7 Å². The highest BCUT2D eigenvalue weighted by atomic mass is 31.2. The Morgan fingerprint density at radius 2 is 0.548 bits per heavy atom. The molecular weight excluding hydrogens is 1220 g/mol. The predicted molar refractivity (Wildman–Crippen MR) is 377 cm³/mol. The van der Waals surface area contributed by atoms with E-state index in [1.807, 2.05) is 0 Å². The predicted octanol–water partition coefficient (Wildman–Crippen LogP) is 21.6. The minimum Gasteiger partial charge on any atom is -0.462 e. The maximum atomic E-state index is 13.1. The molecule has 17 nitrogen and oxygen atoms in total. The van der Waals surface area contributed by atoms with Crippen molar-refractivity contribution in [3.05, 3.63) is 0 Å². The quantitative estimate of drug-likeness (QED) is 0.0222. The first-order chi connectivity index (χ1) is 44.9. The average Bonchev–Trinajstić information content (AvgIpc) is 2.31. The van der Waals surface area contributed by atoms with Crippen LogP contribution in [-0.2, 0) is 65.4 Å². The molecule has 0 aromatic carbocycles. The SMILES string of the molecule is CCCCCCCCCCCCCCCCCCCCC(=O)O[C@H](COC(=O)CCCCCCCCCCCCCCCCC)COP(=O)(O)OC[C@@H](O)COP(=O)(O)OC[C@@H](COC(=O)CCCCCCCCC(C)CC)OC(=O)CCCCCCCCCC(C)C. The molecule has 0 aliphatic carbocycles. The summed E-state index contributed by atoms with van der Waals surface area (Å²) in [4.78, 5) is 72.7. The van der Waals surface area contributed by atoms with Gasteiger partial charge in [0.15, 0.2) is 12.2 Å². The number of ether oxygens (including phenoxy) is 4. The number of esters is 4. The van der Waals surface area contributed by atoms with Gasteiger partial charge >= 0.3 is 39.5 Å². The lowest BCUT2D eigenvalue weighted by atomic mass is 10.00. The van der Waals surface area contributed by atoms with E-state index in [0.717, 1.165) is 102 Å². The molecule has 0 saturated heterocycles. The van der Waals surface area contributed by atoms with Crippen LogP contribution in [-0.4, -0.2) is 96.7 Å². The van der Waals surface area contributed by atoms with Gasteiger partial charge in [-0.05, 0) is 37.5 Å². The molecule has 0 amide bonds. The van der Waals surface area contributed by atoms with Gasteiger partial charge < -0.3 is 33.8 Å². The van der Waals surface area contributed by atoms with Crippen LogP contribution in [0.4, 0.5) is 0 Å². The van der Waals surface area contributed by atoms with E-state index >= 15 is 0 Å². The first kappa shape index (κ1) is 91.1.